The fourth-order valence-electron chi connectivity index (χ4n) is 2.69. The van der Waals surface area contributed by atoms with Gasteiger partial charge in [0.2, 0.25) is 0 Å². The SMILES string of the molecule is COc1cc(OC)cc(-n2nnc(=O)n2Cc2ccc([N+](=O)[O-])c(C)c2)c1. The molecule has 10 nitrogen and oxygen atoms in total. The maximum atomic E-state index is 12.2. The number of ether oxygens (including phenoxy) is 2. The van der Waals surface area contributed by atoms with Crippen LogP contribution in [0.4, 0.5) is 5.69 Å². The largest absolute Gasteiger partial charge is 0.497 e. The first-order valence-electron chi connectivity index (χ1n) is 7.93. The molecule has 3 aromatic rings. The van der Waals surface area contributed by atoms with Crippen molar-refractivity contribution >= 4 is 5.69 Å². The Morgan fingerprint density at radius 3 is 2.33 bits per heavy atom. The summed E-state index contributed by atoms with van der Waals surface area (Å²) in [5.41, 5.74) is 1.22. The number of aryl methyl sites for hydroxylation is 1. The molecule has 1 aromatic heterocycles. The molecule has 0 atom stereocenters. The van der Waals surface area contributed by atoms with Crippen molar-refractivity contribution in [1.29, 1.82) is 0 Å². The van der Waals surface area contributed by atoms with Gasteiger partial charge in [-0.1, -0.05) is 11.2 Å². The van der Waals surface area contributed by atoms with Crippen molar-refractivity contribution in [3.8, 4) is 17.2 Å². The molecule has 0 fully saturated rings. The standard InChI is InChI=1S/C17H17N5O5/c1-11-6-12(4-5-16(11)22(24)25)10-20-17(23)18-19-21(20)13-7-14(26-2)9-15(8-13)27-3/h4-9H,10H2,1-3H3. The highest BCUT2D eigenvalue weighted by atomic mass is 16.6. The number of tetrazole rings is 1. The van der Waals surface area contributed by atoms with Gasteiger partial charge in [-0.3, -0.25) is 10.1 Å². The number of benzene rings is 2. The molecule has 140 valence electrons. The number of nitro benzene ring substituents is 1. The Labute approximate surface area is 153 Å². The van der Waals surface area contributed by atoms with E-state index in [2.05, 4.69) is 10.3 Å². The Hall–Kier alpha value is -3.69. The quantitative estimate of drug-likeness (QED) is 0.478. The summed E-state index contributed by atoms with van der Waals surface area (Å²) >= 11 is 0. The van der Waals surface area contributed by atoms with Gasteiger partial charge in [0.05, 0.1) is 31.4 Å². The van der Waals surface area contributed by atoms with Crippen molar-refractivity contribution < 1.29 is 14.4 Å². The van der Waals surface area contributed by atoms with Crippen LogP contribution in [0.1, 0.15) is 11.1 Å². The zero-order valence-corrected chi connectivity index (χ0v) is 14.9. The molecule has 0 aliphatic carbocycles. The number of rotatable bonds is 6. The molecule has 0 spiro atoms. The lowest BCUT2D eigenvalue weighted by Crippen LogP contribution is -2.24. The summed E-state index contributed by atoms with van der Waals surface area (Å²) in [6, 6.07) is 9.75. The average Bonchev–Trinajstić information content (AvgIpc) is 3.01. The summed E-state index contributed by atoms with van der Waals surface area (Å²) in [6.45, 7) is 1.79. The molecule has 10 heteroatoms. The maximum Gasteiger partial charge on any atom is 0.384 e. The van der Waals surface area contributed by atoms with Gasteiger partial charge in [0.1, 0.15) is 11.5 Å². The van der Waals surface area contributed by atoms with Crippen molar-refractivity contribution in [1.82, 2.24) is 19.8 Å². The summed E-state index contributed by atoms with van der Waals surface area (Å²) in [5.74, 6) is 1.06. The van der Waals surface area contributed by atoms with E-state index < -0.39 is 10.6 Å². The molecule has 0 bridgehead atoms. The number of hydrogen-bond donors (Lipinski definition) is 0. The third-order valence-corrected chi connectivity index (χ3v) is 4.02. The second kappa shape index (κ2) is 7.28. The second-order valence-electron chi connectivity index (χ2n) is 5.77. The first-order chi connectivity index (χ1) is 12.9. The van der Waals surface area contributed by atoms with Gasteiger partial charge in [-0.15, -0.1) is 4.80 Å². The predicted octanol–water partition coefficient (Wildman–Crippen LogP) is 1.71. The van der Waals surface area contributed by atoms with Crippen LogP contribution in [0.25, 0.3) is 5.69 Å². The topological polar surface area (TPSA) is 114 Å². The Morgan fingerprint density at radius 1 is 1.11 bits per heavy atom. The Morgan fingerprint density at radius 2 is 1.78 bits per heavy atom. The monoisotopic (exact) mass is 371 g/mol. The van der Waals surface area contributed by atoms with Gasteiger partial charge in [-0.25, -0.2) is 9.48 Å². The van der Waals surface area contributed by atoms with Crippen LogP contribution in [0.3, 0.4) is 0 Å². The summed E-state index contributed by atoms with van der Waals surface area (Å²) < 4.78 is 11.8. The van der Waals surface area contributed by atoms with Crippen LogP contribution in [0.5, 0.6) is 11.5 Å². The molecule has 0 radical (unpaired) electrons. The van der Waals surface area contributed by atoms with Crippen molar-refractivity contribution in [2.75, 3.05) is 14.2 Å². The van der Waals surface area contributed by atoms with E-state index in [9.17, 15) is 14.9 Å². The number of hydrogen-bond acceptors (Lipinski definition) is 7. The third kappa shape index (κ3) is 3.64. The molecule has 3 rings (SSSR count). The van der Waals surface area contributed by atoms with Crippen LogP contribution in [-0.4, -0.2) is 38.9 Å². The lowest BCUT2D eigenvalue weighted by molar-refractivity contribution is -0.385. The molecule has 0 saturated heterocycles. The van der Waals surface area contributed by atoms with Crippen molar-refractivity contribution in [3.63, 3.8) is 0 Å². The highest BCUT2D eigenvalue weighted by Gasteiger charge is 2.15. The lowest BCUT2D eigenvalue weighted by Gasteiger charge is -2.12. The zero-order valence-electron chi connectivity index (χ0n) is 14.9. The van der Waals surface area contributed by atoms with Crippen molar-refractivity contribution in [3.05, 3.63) is 68.1 Å². The fraction of sp³-hybridized carbons (Fsp3) is 0.235. The number of methoxy groups -OCH3 is 2. The van der Waals surface area contributed by atoms with Crippen LogP contribution in [0.2, 0.25) is 0 Å². The van der Waals surface area contributed by atoms with Crippen LogP contribution in [0, 0.1) is 17.0 Å². The zero-order chi connectivity index (χ0) is 19.6. The smallest absolute Gasteiger partial charge is 0.384 e. The first kappa shape index (κ1) is 18.1. The Bertz CT molecular complexity index is 1030. The van der Waals surface area contributed by atoms with Gasteiger partial charge in [-0.2, -0.15) is 0 Å². The summed E-state index contributed by atoms with van der Waals surface area (Å²) in [5, 5.41) is 18.5. The second-order valence-corrected chi connectivity index (χ2v) is 5.77. The molecule has 2 aromatic carbocycles. The normalized spacial score (nSPS) is 10.6. The maximum absolute atomic E-state index is 12.2. The molecule has 1 heterocycles. The molecule has 0 N–H and O–H groups in total. The van der Waals surface area contributed by atoms with Gasteiger partial charge in [0.25, 0.3) is 5.69 Å². The highest BCUT2D eigenvalue weighted by Crippen LogP contribution is 2.24. The minimum Gasteiger partial charge on any atom is -0.497 e. The molecule has 0 aliphatic rings. The minimum absolute atomic E-state index is 0.0234. The van der Waals surface area contributed by atoms with E-state index in [-0.39, 0.29) is 12.2 Å². The minimum atomic E-state index is -0.548. The van der Waals surface area contributed by atoms with E-state index in [4.69, 9.17) is 9.47 Å². The van der Waals surface area contributed by atoms with E-state index >= 15 is 0 Å². The van der Waals surface area contributed by atoms with Gasteiger partial charge in [0.15, 0.2) is 0 Å². The molecule has 0 saturated carbocycles. The fourth-order valence-corrected chi connectivity index (χ4v) is 2.69. The van der Waals surface area contributed by atoms with Gasteiger partial charge in [0, 0.05) is 29.8 Å². The van der Waals surface area contributed by atoms with Crippen molar-refractivity contribution in [2.45, 2.75) is 13.5 Å². The summed E-state index contributed by atoms with van der Waals surface area (Å²) in [6.07, 6.45) is 0. The molecule has 0 aliphatic heterocycles. The highest BCUT2D eigenvalue weighted by molar-refractivity contribution is 5.45. The van der Waals surface area contributed by atoms with Gasteiger partial charge >= 0.3 is 5.69 Å². The van der Waals surface area contributed by atoms with Crippen LogP contribution in [0.15, 0.2) is 41.2 Å². The molecular weight excluding hydrogens is 354 g/mol. The Kier molecular flexibility index (Phi) is 4.88. The van der Waals surface area contributed by atoms with Gasteiger partial charge < -0.3 is 9.47 Å². The van der Waals surface area contributed by atoms with E-state index in [1.165, 1.54) is 29.8 Å². The summed E-state index contributed by atoms with van der Waals surface area (Å²) in [7, 11) is 3.04. The molecular formula is C17H17N5O5. The van der Waals surface area contributed by atoms with E-state index in [0.29, 0.717) is 28.3 Å². The van der Waals surface area contributed by atoms with Gasteiger partial charge in [-0.05, 0) is 23.8 Å². The van der Waals surface area contributed by atoms with E-state index in [1.807, 2.05) is 0 Å². The lowest BCUT2D eigenvalue weighted by atomic mass is 10.1. The van der Waals surface area contributed by atoms with Crippen LogP contribution < -0.4 is 15.2 Å². The van der Waals surface area contributed by atoms with E-state index in [1.54, 1.807) is 37.3 Å². The predicted molar refractivity (Wildman–Crippen MR) is 95.7 cm³/mol. The molecule has 27 heavy (non-hydrogen) atoms. The number of nitrogens with zero attached hydrogens (tertiary/aromatic N) is 5. The molecule has 0 unspecified atom stereocenters. The molecule has 0 amide bonds. The van der Waals surface area contributed by atoms with Crippen LogP contribution >= 0.6 is 0 Å². The van der Waals surface area contributed by atoms with E-state index in [0.717, 1.165) is 0 Å². The third-order valence-electron chi connectivity index (χ3n) is 4.02. The summed E-state index contributed by atoms with van der Waals surface area (Å²) in [4.78, 5) is 24.0. The number of aromatic nitrogens is 4. The Balaban J connectivity index is 2.02. The van der Waals surface area contributed by atoms with Crippen LogP contribution in [-0.2, 0) is 6.54 Å². The number of nitro groups is 1. The van der Waals surface area contributed by atoms with Crippen molar-refractivity contribution in [2.24, 2.45) is 0 Å². The first-order valence-corrected chi connectivity index (χ1v) is 7.93. The average molecular weight is 371 g/mol.